The predicted octanol–water partition coefficient (Wildman–Crippen LogP) is 4.54. The second kappa shape index (κ2) is 8.95. The van der Waals surface area contributed by atoms with Crippen molar-refractivity contribution < 1.29 is 14.0 Å². The fourth-order valence-corrected chi connectivity index (χ4v) is 5.01. The normalized spacial score (nSPS) is 18.7. The van der Waals surface area contributed by atoms with Crippen molar-refractivity contribution in [1.82, 2.24) is 9.47 Å². The lowest BCUT2D eigenvalue weighted by atomic mass is 9.82. The van der Waals surface area contributed by atoms with Gasteiger partial charge in [-0.1, -0.05) is 11.6 Å². The zero-order valence-electron chi connectivity index (χ0n) is 18.1. The number of hydrogen-bond donors (Lipinski definition) is 2. The van der Waals surface area contributed by atoms with Crippen molar-refractivity contribution in [3.63, 3.8) is 0 Å². The first-order chi connectivity index (χ1) is 16.4. The molecule has 174 valence electrons. The Morgan fingerprint density at radius 2 is 1.65 bits per heavy atom. The van der Waals surface area contributed by atoms with Gasteiger partial charge in [-0.3, -0.25) is 9.59 Å². The van der Waals surface area contributed by atoms with E-state index in [1.807, 2.05) is 0 Å². The van der Waals surface area contributed by atoms with E-state index in [-0.39, 0.29) is 23.3 Å². The van der Waals surface area contributed by atoms with Crippen molar-refractivity contribution in [3.8, 4) is 0 Å². The van der Waals surface area contributed by atoms with Crippen LogP contribution in [0.1, 0.15) is 28.4 Å². The van der Waals surface area contributed by atoms with Crippen molar-refractivity contribution >= 4 is 34.9 Å². The number of carbonyl (C=O) groups is 2. The Morgan fingerprint density at radius 3 is 2.38 bits per heavy atom. The Labute approximate surface area is 200 Å². The maximum absolute atomic E-state index is 13.3. The highest BCUT2D eigenvalue weighted by molar-refractivity contribution is 6.30. The smallest absolute Gasteiger partial charge is 0.323 e. The number of urea groups is 1. The molecular weight excluding hydrogens is 459 g/mol. The van der Waals surface area contributed by atoms with Gasteiger partial charge in [0.05, 0.1) is 5.69 Å². The van der Waals surface area contributed by atoms with Gasteiger partial charge in [-0.2, -0.15) is 0 Å². The molecule has 0 saturated carbocycles. The van der Waals surface area contributed by atoms with Crippen molar-refractivity contribution in [3.05, 3.63) is 93.1 Å². The van der Waals surface area contributed by atoms with E-state index in [4.69, 9.17) is 11.6 Å². The summed E-state index contributed by atoms with van der Waals surface area (Å²) < 4.78 is 15.0. The Hall–Kier alpha value is -3.65. The van der Waals surface area contributed by atoms with Crippen LogP contribution in [-0.2, 0) is 6.54 Å². The minimum Gasteiger partial charge on any atom is -0.338 e. The summed E-state index contributed by atoms with van der Waals surface area (Å²) in [6, 6.07) is 14.9. The third kappa shape index (κ3) is 4.41. The number of nitrogens with zero attached hydrogens (tertiary/aromatic N) is 2. The molecule has 0 radical (unpaired) electrons. The molecule has 7 nitrogen and oxygen atoms in total. The van der Waals surface area contributed by atoms with Gasteiger partial charge in [-0.25, -0.2) is 9.18 Å². The van der Waals surface area contributed by atoms with E-state index in [0.717, 1.165) is 6.42 Å². The summed E-state index contributed by atoms with van der Waals surface area (Å²) in [5.41, 5.74) is 2.12. The molecule has 9 heteroatoms. The van der Waals surface area contributed by atoms with Gasteiger partial charge in [0.2, 0.25) is 0 Å². The molecule has 2 aliphatic rings. The van der Waals surface area contributed by atoms with Crippen LogP contribution in [0.4, 0.5) is 20.6 Å². The number of nitrogens with one attached hydrogen (secondary N) is 2. The highest BCUT2D eigenvalue weighted by atomic mass is 35.5. The predicted molar refractivity (Wildman–Crippen MR) is 128 cm³/mol. The second-order valence-corrected chi connectivity index (χ2v) is 9.12. The van der Waals surface area contributed by atoms with Crippen molar-refractivity contribution in [1.29, 1.82) is 0 Å². The van der Waals surface area contributed by atoms with Crippen molar-refractivity contribution in [2.45, 2.75) is 18.9 Å². The summed E-state index contributed by atoms with van der Waals surface area (Å²) in [5.74, 6) is -0.562. The Morgan fingerprint density at radius 1 is 0.912 bits per heavy atom. The molecule has 2 N–H and O–H groups in total. The lowest BCUT2D eigenvalue weighted by Gasteiger charge is -2.43. The Bertz CT molecular complexity index is 1310. The van der Waals surface area contributed by atoms with Crippen molar-refractivity contribution in [2.75, 3.05) is 23.7 Å². The molecule has 1 saturated heterocycles. The summed E-state index contributed by atoms with van der Waals surface area (Å²) in [5, 5.41) is 6.18. The number of amides is 3. The Balaban J connectivity index is 1.39. The molecule has 0 unspecified atom stereocenters. The molecule has 0 spiro atoms. The van der Waals surface area contributed by atoms with Crippen LogP contribution in [0, 0.1) is 11.7 Å². The van der Waals surface area contributed by atoms with Crippen LogP contribution in [0.3, 0.4) is 0 Å². The summed E-state index contributed by atoms with van der Waals surface area (Å²) >= 11 is 5.90. The highest BCUT2D eigenvalue weighted by Crippen LogP contribution is 2.39. The fourth-order valence-electron chi connectivity index (χ4n) is 4.88. The van der Waals surface area contributed by atoms with Crippen LogP contribution >= 0.6 is 11.6 Å². The van der Waals surface area contributed by atoms with Gasteiger partial charge < -0.3 is 20.1 Å². The minimum absolute atomic E-state index is 0.114. The van der Waals surface area contributed by atoms with Gasteiger partial charge in [0, 0.05) is 53.6 Å². The molecule has 1 fully saturated rings. The molecule has 0 aliphatic carbocycles. The number of fused-ring (bicyclic) bond motifs is 4. The van der Waals surface area contributed by atoms with E-state index < -0.39 is 11.8 Å². The first-order valence-electron chi connectivity index (χ1n) is 11.0. The molecule has 3 amide bonds. The van der Waals surface area contributed by atoms with E-state index >= 15 is 0 Å². The first kappa shape index (κ1) is 22.2. The summed E-state index contributed by atoms with van der Waals surface area (Å²) in [6.45, 7) is 1.39. The molecule has 2 aliphatic heterocycles. The van der Waals surface area contributed by atoms with Gasteiger partial charge in [0.25, 0.3) is 11.5 Å². The monoisotopic (exact) mass is 480 g/mol. The molecule has 2 bridgehead atoms. The van der Waals surface area contributed by atoms with E-state index in [1.165, 1.54) is 30.3 Å². The van der Waals surface area contributed by atoms with Crippen LogP contribution in [0.2, 0.25) is 5.02 Å². The number of benzene rings is 2. The van der Waals surface area contributed by atoms with Gasteiger partial charge in [-0.05, 0) is 66.9 Å². The van der Waals surface area contributed by atoms with E-state index in [2.05, 4.69) is 10.6 Å². The average Bonchev–Trinajstić information content (AvgIpc) is 2.82. The molecule has 1 aromatic heterocycles. The van der Waals surface area contributed by atoms with Gasteiger partial charge >= 0.3 is 6.03 Å². The number of anilines is 2. The van der Waals surface area contributed by atoms with Crippen LogP contribution in [-0.4, -0.2) is 34.5 Å². The van der Waals surface area contributed by atoms with Crippen molar-refractivity contribution in [2.24, 2.45) is 5.92 Å². The van der Waals surface area contributed by atoms with Gasteiger partial charge in [-0.15, -0.1) is 0 Å². The van der Waals surface area contributed by atoms with Crippen LogP contribution in [0.15, 0.2) is 65.5 Å². The number of pyridine rings is 1. The largest absolute Gasteiger partial charge is 0.338 e. The topological polar surface area (TPSA) is 83.4 Å². The second-order valence-electron chi connectivity index (χ2n) is 8.68. The minimum atomic E-state index is -0.444. The zero-order valence-corrected chi connectivity index (χ0v) is 18.9. The van der Waals surface area contributed by atoms with Gasteiger partial charge in [0.15, 0.2) is 0 Å². The standard InChI is InChI=1S/C25H22ClFN4O3/c26-18-3-7-20(8-4-18)28-25(34)29-21-9-10-22(32)31-13-15-11-17(23(21)31)14-30(12-15)24(33)16-1-5-19(27)6-2-16/h1-10,15,17H,11-14H2,(H2,28,29,34)/t15-,17-/m1/s1. The van der Waals surface area contributed by atoms with E-state index in [0.29, 0.717) is 47.3 Å². The number of piperidine rings is 1. The van der Waals surface area contributed by atoms with Crippen LogP contribution in [0.25, 0.3) is 0 Å². The van der Waals surface area contributed by atoms with E-state index in [9.17, 15) is 18.8 Å². The number of carbonyl (C=O) groups excluding carboxylic acids is 2. The summed E-state index contributed by atoms with van der Waals surface area (Å²) in [4.78, 5) is 40.1. The maximum atomic E-state index is 13.3. The number of likely N-dealkylation sites (tertiary alicyclic amines) is 1. The number of halogens is 2. The molecular formula is C25H22ClFN4O3. The average molecular weight is 481 g/mol. The molecule has 2 atom stereocenters. The molecule has 2 aromatic carbocycles. The Kier molecular flexibility index (Phi) is 5.83. The summed E-state index contributed by atoms with van der Waals surface area (Å²) in [7, 11) is 0. The molecule has 3 heterocycles. The quantitative estimate of drug-likeness (QED) is 0.577. The molecule has 34 heavy (non-hydrogen) atoms. The maximum Gasteiger partial charge on any atom is 0.323 e. The summed E-state index contributed by atoms with van der Waals surface area (Å²) in [6.07, 6.45) is 0.810. The van der Waals surface area contributed by atoms with E-state index in [1.54, 1.807) is 39.8 Å². The van der Waals surface area contributed by atoms with Crippen LogP contribution in [0.5, 0.6) is 0 Å². The molecule has 5 rings (SSSR count). The third-order valence-electron chi connectivity index (χ3n) is 6.32. The third-order valence-corrected chi connectivity index (χ3v) is 6.57. The lowest BCUT2D eigenvalue weighted by Crippen LogP contribution is -2.49. The zero-order chi connectivity index (χ0) is 23.8. The lowest BCUT2D eigenvalue weighted by molar-refractivity contribution is 0.0595. The molecule has 3 aromatic rings. The SMILES string of the molecule is O=C(Nc1ccc(Cl)cc1)Nc1ccc(=O)n2c1[C@@H]1C[C@H](CN(C(=O)c3ccc(F)cc3)C1)C2. The van der Waals surface area contributed by atoms with Gasteiger partial charge in [0.1, 0.15) is 5.82 Å². The number of aromatic nitrogens is 1. The van der Waals surface area contributed by atoms with Crippen LogP contribution < -0.4 is 16.2 Å². The fraction of sp³-hybridized carbons (Fsp3) is 0.240. The highest BCUT2D eigenvalue weighted by Gasteiger charge is 2.38. The number of rotatable bonds is 3. The number of hydrogen-bond acceptors (Lipinski definition) is 3. The first-order valence-corrected chi connectivity index (χ1v) is 11.4.